The molecule has 37 heavy (non-hydrogen) atoms. The monoisotopic (exact) mass is 526 g/mol. The number of esters is 2. The number of nitrogens with zero attached hydrogens (tertiary/aromatic N) is 2. The summed E-state index contributed by atoms with van der Waals surface area (Å²) in [5.41, 5.74) is 1.32. The van der Waals surface area contributed by atoms with Crippen molar-refractivity contribution in [2.24, 2.45) is 0 Å². The number of ether oxygens (including phenoxy) is 4. The van der Waals surface area contributed by atoms with Crippen molar-refractivity contribution in [3.8, 4) is 5.75 Å². The van der Waals surface area contributed by atoms with Gasteiger partial charge in [0.05, 0.1) is 48.0 Å². The number of benzene rings is 2. The lowest BCUT2D eigenvalue weighted by atomic mass is 10.1. The Balaban J connectivity index is 1.84. The van der Waals surface area contributed by atoms with E-state index in [2.05, 4.69) is 0 Å². The minimum Gasteiger partial charge on any atom is -0.467 e. The molecule has 0 spiro atoms. The van der Waals surface area contributed by atoms with Gasteiger partial charge in [-0.25, -0.2) is 9.59 Å². The Bertz CT molecular complexity index is 1540. The molecule has 3 aromatic rings. The normalized spacial score (nSPS) is 13.6. The average Bonchev–Trinajstić information content (AvgIpc) is 3.17. The molecule has 0 saturated heterocycles. The van der Waals surface area contributed by atoms with E-state index in [-0.39, 0.29) is 32.2 Å². The van der Waals surface area contributed by atoms with E-state index in [1.54, 1.807) is 37.3 Å². The lowest BCUT2D eigenvalue weighted by molar-refractivity contribution is -0.385. The summed E-state index contributed by atoms with van der Waals surface area (Å²) in [5.74, 6) is -0.706. The molecule has 2 heterocycles. The highest BCUT2D eigenvalue weighted by Crippen LogP contribution is 2.32. The number of nitro benzene ring substituents is 1. The van der Waals surface area contributed by atoms with Gasteiger partial charge in [-0.05, 0) is 30.7 Å². The molecule has 1 aliphatic heterocycles. The van der Waals surface area contributed by atoms with Crippen LogP contribution in [-0.2, 0) is 32.2 Å². The number of hydrogen-bond acceptors (Lipinski definition) is 10. The number of non-ortho nitro benzene ring substituents is 1. The topological polar surface area (TPSA) is 136 Å². The highest BCUT2D eigenvalue weighted by atomic mass is 32.1. The summed E-state index contributed by atoms with van der Waals surface area (Å²) in [5, 5.41) is 11.5. The van der Waals surface area contributed by atoms with Gasteiger partial charge in [0.15, 0.2) is 6.79 Å². The molecule has 0 amide bonds. The van der Waals surface area contributed by atoms with E-state index in [4.69, 9.17) is 18.9 Å². The maximum Gasteiger partial charge on any atom is 0.337 e. The Kier molecular flexibility index (Phi) is 7.80. The summed E-state index contributed by atoms with van der Waals surface area (Å²) in [6.45, 7) is 1.84. The SMILES string of the molecule is CCOC(=O)/C=c1\s/c(=C\c2ccc(C(=O)OC)cc2)c(=O)n1Cc1cc([N+](=O)[O-])cc2c1OCOC2. The smallest absolute Gasteiger partial charge is 0.337 e. The zero-order valence-corrected chi connectivity index (χ0v) is 20.7. The predicted octanol–water partition coefficient (Wildman–Crippen LogP) is 1.69. The van der Waals surface area contributed by atoms with Crippen molar-refractivity contribution in [1.29, 1.82) is 0 Å². The highest BCUT2D eigenvalue weighted by Gasteiger charge is 2.22. The van der Waals surface area contributed by atoms with Crippen LogP contribution in [0.5, 0.6) is 5.75 Å². The van der Waals surface area contributed by atoms with E-state index in [0.717, 1.165) is 11.3 Å². The van der Waals surface area contributed by atoms with Crippen molar-refractivity contribution in [1.82, 2.24) is 4.57 Å². The largest absolute Gasteiger partial charge is 0.467 e. The van der Waals surface area contributed by atoms with Crippen LogP contribution in [-0.4, -0.2) is 41.9 Å². The maximum atomic E-state index is 13.4. The van der Waals surface area contributed by atoms with Crippen LogP contribution in [0.1, 0.15) is 34.0 Å². The Morgan fingerprint density at radius 1 is 1.24 bits per heavy atom. The Labute approximate surface area is 213 Å². The van der Waals surface area contributed by atoms with Gasteiger partial charge in [-0.15, -0.1) is 11.3 Å². The van der Waals surface area contributed by atoms with Crippen molar-refractivity contribution in [3.63, 3.8) is 0 Å². The van der Waals surface area contributed by atoms with Crippen LogP contribution < -0.4 is 19.5 Å². The van der Waals surface area contributed by atoms with E-state index in [0.29, 0.717) is 37.2 Å². The minimum absolute atomic E-state index is 0.0290. The molecule has 0 N–H and O–H groups in total. The molecule has 1 aromatic heterocycles. The molecule has 0 saturated carbocycles. The van der Waals surface area contributed by atoms with Crippen molar-refractivity contribution in [3.05, 3.63) is 88.3 Å². The van der Waals surface area contributed by atoms with Gasteiger partial charge >= 0.3 is 11.9 Å². The molecule has 2 aromatic carbocycles. The summed E-state index contributed by atoms with van der Waals surface area (Å²) in [6.07, 6.45) is 2.83. The number of carbonyl (C=O) groups excluding carboxylic acids is 2. The first-order valence-corrected chi connectivity index (χ1v) is 11.9. The second-order valence-electron chi connectivity index (χ2n) is 7.81. The van der Waals surface area contributed by atoms with E-state index in [1.807, 2.05) is 0 Å². The van der Waals surface area contributed by atoms with Gasteiger partial charge in [0.25, 0.3) is 11.2 Å². The minimum atomic E-state index is -0.628. The van der Waals surface area contributed by atoms with Crippen LogP contribution in [0.3, 0.4) is 0 Å². The van der Waals surface area contributed by atoms with Gasteiger partial charge in [0.1, 0.15) is 10.4 Å². The van der Waals surface area contributed by atoms with Gasteiger partial charge < -0.3 is 18.9 Å². The van der Waals surface area contributed by atoms with E-state index >= 15 is 0 Å². The zero-order chi connectivity index (χ0) is 26.5. The molecule has 192 valence electrons. The summed E-state index contributed by atoms with van der Waals surface area (Å²) in [4.78, 5) is 48.3. The van der Waals surface area contributed by atoms with Gasteiger partial charge in [-0.1, -0.05) is 12.1 Å². The molecule has 0 aliphatic carbocycles. The van der Waals surface area contributed by atoms with Crippen LogP contribution in [0, 0.1) is 10.1 Å². The van der Waals surface area contributed by atoms with Gasteiger partial charge in [-0.2, -0.15) is 0 Å². The fraction of sp³-hybridized carbons (Fsp3) is 0.240. The van der Waals surface area contributed by atoms with E-state index in [1.165, 1.54) is 29.9 Å². The summed E-state index contributed by atoms with van der Waals surface area (Å²) in [6, 6.07) is 9.19. The van der Waals surface area contributed by atoms with Crippen molar-refractivity contribution >= 4 is 41.1 Å². The van der Waals surface area contributed by atoms with E-state index in [9.17, 15) is 24.5 Å². The number of aromatic nitrogens is 1. The quantitative estimate of drug-likeness (QED) is 0.256. The van der Waals surface area contributed by atoms with Crippen LogP contribution in [0.15, 0.2) is 41.2 Å². The van der Waals surface area contributed by atoms with Gasteiger partial charge in [0, 0.05) is 23.3 Å². The third-order valence-electron chi connectivity index (χ3n) is 5.40. The zero-order valence-electron chi connectivity index (χ0n) is 19.9. The van der Waals surface area contributed by atoms with E-state index < -0.39 is 22.4 Å². The maximum absolute atomic E-state index is 13.4. The lowest BCUT2D eigenvalue weighted by Crippen LogP contribution is -2.32. The van der Waals surface area contributed by atoms with Gasteiger partial charge in [0.2, 0.25) is 0 Å². The highest BCUT2D eigenvalue weighted by molar-refractivity contribution is 7.07. The van der Waals surface area contributed by atoms with Crippen LogP contribution in [0.4, 0.5) is 5.69 Å². The second-order valence-corrected chi connectivity index (χ2v) is 8.87. The molecular formula is C25H22N2O9S. The Hall–Kier alpha value is -4.29. The third kappa shape index (κ3) is 5.76. The number of carbonyl (C=O) groups is 2. The number of methoxy groups -OCH3 is 1. The number of rotatable bonds is 7. The van der Waals surface area contributed by atoms with Crippen LogP contribution in [0.25, 0.3) is 12.2 Å². The number of nitro groups is 1. The van der Waals surface area contributed by atoms with Crippen LogP contribution >= 0.6 is 11.3 Å². The number of fused-ring (bicyclic) bond motifs is 1. The standard InChI is InChI=1S/C25H22N2O9S/c1-3-35-22(28)11-21-26(12-17-9-19(27(31)32)10-18-13-34-14-36-23(17)18)24(29)20(37-21)8-15-4-6-16(7-5-15)25(30)33-2/h4-11H,3,12-14H2,1-2H3/b20-8-,21-11-. The second kappa shape index (κ2) is 11.2. The molecular weight excluding hydrogens is 504 g/mol. The van der Waals surface area contributed by atoms with Crippen LogP contribution in [0.2, 0.25) is 0 Å². The Morgan fingerprint density at radius 3 is 2.68 bits per heavy atom. The predicted molar refractivity (Wildman–Crippen MR) is 133 cm³/mol. The number of hydrogen-bond donors (Lipinski definition) is 0. The molecule has 4 rings (SSSR count). The molecule has 0 radical (unpaired) electrons. The van der Waals surface area contributed by atoms with Crippen molar-refractivity contribution < 1.29 is 33.5 Å². The first-order chi connectivity index (χ1) is 17.8. The van der Waals surface area contributed by atoms with Gasteiger partial charge in [-0.3, -0.25) is 19.5 Å². The fourth-order valence-electron chi connectivity index (χ4n) is 3.74. The summed E-state index contributed by atoms with van der Waals surface area (Å²) < 4.78 is 22.5. The molecule has 1 aliphatic rings. The summed E-state index contributed by atoms with van der Waals surface area (Å²) >= 11 is 1.06. The van der Waals surface area contributed by atoms with Crippen molar-refractivity contribution in [2.45, 2.75) is 20.1 Å². The average molecular weight is 527 g/mol. The summed E-state index contributed by atoms with van der Waals surface area (Å²) in [7, 11) is 1.29. The van der Waals surface area contributed by atoms with Crippen molar-refractivity contribution in [2.75, 3.05) is 20.5 Å². The molecule has 11 nitrogen and oxygen atoms in total. The molecule has 0 unspecified atom stereocenters. The molecule has 0 atom stereocenters. The lowest BCUT2D eigenvalue weighted by Gasteiger charge is -2.20. The molecule has 12 heteroatoms. The number of thiazole rings is 1. The first kappa shape index (κ1) is 25.8. The molecule has 0 bridgehead atoms. The Morgan fingerprint density at radius 2 is 2.00 bits per heavy atom. The third-order valence-corrected chi connectivity index (χ3v) is 6.46. The molecule has 0 fully saturated rings. The fourth-order valence-corrected chi connectivity index (χ4v) is 4.77. The first-order valence-electron chi connectivity index (χ1n) is 11.1.